The highest BCUT2D eigenvalue weighted by atomic mass is 35.5. The van der Waals surface area contributed by atoms with Gasteiger partial charge in [0, 0.05) is 17.7 Å². The van der Waals surface area contributed by atoms with Crippen molar-refractivity contribution in [2.45, 2.75) is 19.0 Å². The molecule has 4 rings (SSSR count). The fraction of sp³-hybridized carbons (Fsp3) is 0.133. The van der Waals surface area contributed by atoms with E-state index in [1.54, 1.807) is 30.3 Å². The van der Waals surface area contributed by atoms with Gasteiger partial charge in [0.1, 0.15) is 6.04 Å². The van der Waals surface area contributed by atoms with Gasteiger partial charge in [-0.1, -0.05) is 83.9 Å². The van der Waals surface area contributed by atoms with E-state index in [-0.39, 0.29) is 33.8 Å². The summed E-state index contributed by atoms with van der Waals surface area (Å²) in [5.41, 5.74) is 1.21. The predicted octanol–water partition coefficient (Wildman–Crippen LogP) is 5.25. The molecule has 204 valence electrons. The van der Waals surface area contributed by atoms with Crippen LogP contribution >= 0.6 is 23.2 Å². The number of amides is 3. The van der Waals surface area contributed by atoms with Crippen molar-refractivity contribution >= 4 is 57.7 Å². The van der Waals surface area contributed by atoms with Crippen molar-refractivity contribution in [2.75, 3.05) is 6.54 Å². The molecule has 0 fully saturated rings. The van der Waals surface area contributed by atoms with Gasteiger partial charge in [-0.25, -0.2) is 4.79 Å². The van der Waals surface area contributed by atoms with E-state index in [2.05, 4.69) is 16.0 Å². The second kappa shape index (κ2) is 12.6. The second-order valence-electron chi connectivity index (χ2n) is 9.02. The van der Waals surface area contributed by atoms with Crippen LogP contribution in [0, 0.1) is 0 Å². The van der Waals surface area contributed by atoms with Crippen molar-refractivity contribution in [1.82, 2.24) is 16.0 Å². The van der Waals surface area contributed by atoms with Gasteiger partial charge in [-0.05, 0) is 47.5 Å². The summed E-state index contributed by atoms with van der Waals surface area (Å²) in [6.07, 6.45) is 0. The van der Waals surface area contributed by atoms with E-state index in [4.69, 9.17) is 23.2 Å². The molecule has 2 unspecified atom stereocenters. The summed E-state index contributed by atoms with van der Waals surface area (Å²) in [6, 6.07) is 22.7. The van der Waals surface area contributed by atoms with Crippen LogP contribution in [0.25, 0.3) is 10.8 Å². The van der Waals surface area contributed by atoms with E-state index in [0.717, 1.165) is 16.3 Å². The third-order valence-electron chi connectivity index (χ3n) is 6.27. The van der Waals surface area contributed by atoms with Crippen LogP contribution in [0.4, 0.5) is 0 Å². The first kappa shape index (κ1) is 28.6. The third kappa shape index (κ3) is 6.59. The molecule has 10 heteroatoms. The van der Waals surface area contributed by atoms with Gasteiger partial charge in [-0.15, -0.1) is 0 Å². The zero-order valence-electron chi connectivity index (χ0n) is 21.3. The largest absolute Gasteiger partial charge is 0.480 e. The van der Waals surface area contributed by atoms with Crippen LogP contribution < -0.4 is 16.0 Å². The van der Waals surface area contributed by atoms with Crippen molar-refractivity contribution in [2.24, 2.45) is 0 Å². The lowest BCUT2D eigenvalue weighted by Gasteiger charge is -2.18. The first-order valence-electron chi connectivity index (χ1n) is 12.3. The van der Waals surface area contributed by atoms with Crippen molar-refractivity contribution in [3.63, 3.8) is 0 Å². The minimum Gasteiger partial charge on any atom is -0.480 e. The molecule has 8 nitrogen and oxygen atoms in total. The molecule has 4 aromatic rings. The number of carbonyl (C=O) groups excluding carboxylic acids is 3. The molecule has 0 saturated carbocycles. The number of halogens is 2. The molecule has 0 aliphatic heterocycles. The number of carbonyl (C=O) groups is 4. The molecule has 4 N–H and O–H groups in total. The Morgan fingerprint density at radius 1 is 0.750 bits per heavy atom. The fourth-order valence-electron chi connectivity index (χ4n) is 4.22. The molecule has 0 aliphatic carbocycles. The molecule has 40 heavy (non-hydrogen) atoms. The Labute approximate surface area is 240 Å². The summed E-state index contributed by atoms with van der Waals surface area (Å²) in [6.45, 7) is 1.48. The van der Waals surface area contributed by atoms with Crippen molar-refractivity contribution in [3.05, 3.63) is 117 Å². The van der Waals surface area contributed by atoms with Gasteiger partial charge in [0.05, 0.1) is 21.7 Å². The van der Waals surface area contributed by atoms with E-state index in [9.17, 15) is 24.3 Å². The molecule has 4 aromatic carbocycles. The summed E-state index contributed by atoms with van der Waals surface area (Å²) in [4.78, 5) is 50.0. The maximum atomic E-state index is 13.0. The van der Waals surface area contributed by atoms with Crippen LogP contribution in [-0.4, -0.2) is 41.4 Å². The Balaban J connectivity index is 1.45. The molecule has 0 aliphatic rings. The molecule has 0 spiro atoms. The highest BCUT2D eigenvalue weighted by molar-refractivity contribution is 6.40. The summed E-state index contributed by atoms with van der Waals surface area (Å²) in [5, 5.41) is 19.1. The average molecular weight is 578 g/mol. The number of hydrogen-bond acceptors (Lipinski definition) is 4. The zero-order valence-corrected chi connectivity index (χ0v) is 22.8. The molecular weight excluding hydrogens is 553 g/mol. The molecule has 0 bridgehead atoms. The van der Waals surface area contributed by atoms with Crippen molar-refractivity contribution in [1.29, 1.82) is 0 Å². The molecule has 3 amide bonds. The maximum absolute atomic E-state index is 13.0. The second-order valence-corrected chi connectivity index (χ2v) is 9.83. The zero-order chi connectivity index (χ0) is 28.8. The normalized spacial score (nSPS) is 12.3. The monoisotopic (exact) mass is 577 g/mol. The SMILES string of the molecule is CC(NC(=O)c1cc(Cl)c(C(=O)NC(CNC(=O)c2ccccc2)C(=O)O)c(Cl)c1)c1cccc2ccccc12. The van der Waals surface area contributed by atoms with Gasteiger partial charge < -0.3 is 21.1 Å². The summed E-state index contributed by atoms with van der Waals surface area (Å²) in [5.74, 6) is -3.19. The minimum atomic E-state index is -1.46. The van der Waals surface area contributed by atoms with Crippen LogP contribution in [0.2, 0.25) is 10.0 Å². The van der Waals surface area contributed by atoms with Gasteiger partial charge in [-0.2, -0.15) is 0 Å². The smallest absolute Gasteiger partial charge is 0.328 e. The van der Waals surface area contributed by atoms with Gasteiger partial charge in [-0.3, -0.25) is 14.4 Å². The fourth-order valence-corrected chi connectivity index (χ4v) is 4.88. The van der Waals surface area contributed by atoms with Gasteiger partial charge in [0.15, 0.2) is 0 Å². The number of rotatable bonds is 9. The number of hydrogen-bond donors (Lipinski definition) is 4. The lowest BCUT2D eigenvalue weighted by molar-refractivity contribution is -0.139. The Kier molecular flexibility index (Phi) is 9.04. The minimum absolute atomic E-state index is 0.128. The van der Waals surface area contributed by atoms with Crippen molar-refractivity contribution < 1.29 is 24.3 Å². The van der Waals surface area contributed by atoms with Gasteiger partial charge in [0.25, 0.3) is 17.7 Å². The molecular formula is C30H25Cl2N3O5. The number of carboxylic acids is 1. The third-order valence-corrected chi connectivity index (χ3v) is 6.87. The van der Waals surface area contributed by atoms with Crippen molar-refractivity contribution in [3.8, 4) is 0 Å². The van der Waals surface area contributed by atoms with Crippen LogP contribution in [0.3, 0.4) is 0 Å². The summed E-state index contributed by atoms with van der Waals surface area (Å²) < 4.78 is 0. The number of carboxylic acid groups (broad SMARTS) is 1. The summed E-state index contributed by atoms with van der Waals surface area (Å²) >= 11 is 12.7. The van der Waals surface area contributed by atoms with Gasteiger partial charge >= 0.3 is 5.97 Å². The molecule has 0 aromatic heterocycles. The topological polar surface area (TPSA) is 125 Å². The average Bonchev–Trinajstić information content (AvgIpc) is 2.94. The number of nitrogens with one attached hydrogen (secondary N) is 3. The molecule has 0 saturated heterocycles. The van der Waals surface area contributed by atoms with Crippen LogP contribution in [-0.2, 0) is 4.79 Å². The van der Waals surface area contributed by atoms with Crippen LogP contribution in [0.15, 0.2) is 84.9 Å². The summed E-state index contributed by atoms with van der Waals surface area (Å²) in [7, 11) is 0. The maximum Gasteiger partial charge on any atom is 0.328 e. The lowest BCUT2D eigenvalue weighted by Crippen LogP contribution is -2.48. The van der Waals surface area contributed by atoms with E-state index in [1.165, 1.54) is 12.1 Å². The van der Waals surface area contributed by atoms with E-state index >= 15 is 0 Å². The quantitative estimate of drug-likeness (QED) is 0.216. The predicted molar refractivity (Wildman–Crippen MR) is 154 cm³/mol. The van der Waals surface area contributed by atoms with Gasteiger partial charge in [0.2, 0.25) is 0 Å². The first-order chi connectivity index (χ1) is 19.2. The molecule has 0 radical (unpaired) electrons. The first-order valence-corrected chi connectivity index (χ1v) is 13.1. The van der Waals surface area contributed by atoms with Crippen LogP contribution in [0.5, 0.6) is 0 Å². The molecule has 0 heterocycles. The number of aliphatic carboxylic acids is 1. The van der Waals surface area contributed by atoms with Crippen LogP contribution in [0.1, 0.15) is 49.6 Å². The Morgan fingerprint density at radius 3 is 2.05 bits per heavy atom. The Bertz CT molecular complexity index is 1560. The highest BCUT2D eigenvalue weighted by Gasteiger charge is 2.25. The Hall–Kier alpha value is -4.40. The molecule has 2 atom stereocenters. The number of benzene rings is 4. The van der Waals surface area contributed by atoms with E-state index < -0.39 is 29.7 Å². The standard InChI is InChI=1S/C30H25Cl2N3O5/c1-17(21-13-7-11-18-8-5-6-12-22(18)21)34-28(37)20-14-23(31)26(24(32)15-20)29(38)35-25(30(39)40)16-33-27(36)19-9-3-2-4-10-19/h2-15,17,25H,16H2,1H3,(H,33,36)(H,34,37)(H,35,38)(H,39,40). The Morgan fingerprint density at radius 2 is 1.38 bits per heavy atom. The lowest BCUT2D eigenvalue weighted by atomic mass is 9.99. The van der Waals surface area contributed by atoms with E-state index in [1.807, 2.05) is 49.4 Å². The highest BCUT2D eigenvalue weighted by Crippen LogP contribution is 2.28. The van der Waals surface area contributed by atoms with E-state index in [0.29, 0.717) is 5.56 Å². The number of fused-ring (bicyclic) bond motifs is 1.